The number of carbonyl (C=O) groups is 1. The highest BCUT2D eigenvalue weighted by atomic mass is 79.9. The molecule has 0 aliphatic heterocycles. The van der Waals surface area contributed by atoms with E-state index in [-0.39, 0.29) is 4.90 Å². The molecule has 4 rings (SSSR count). The van der Waals surface area contributed by atoms with E-state index in [1.165, 1.54) is 18.3 Å². The summed E-state index contributed by atoms with van der Waals surface area (Å²) in [7, 11) is -4.00. The van der Waals surface area contributed by atoms with Crippen molar-refractivity contribution in [2.75, 3.05) is 10.8 Å². The minimum Gasteiger partial charge on any atom is -0.489 e. The summed E-state index contributed by atoms with van der Waals surface area (Å²) in [6.45, 7) is -0.0776. The Balaban J connectivity index is 1.39. The molecule has 194 valence electrons. The van der Waals surface area contributed by atoms with Crippen LogP contribution in [0.2, 0.25) is 5.02 Å². The second-order valence-corrected chi connectivity index (χ2v) is 11.3. The van der Waals surface area contributed by atoms with Crippen molar-refractivity contribution in [1.82, 2.24) is 5.43 Å². The van der Waals surface area contributed by atoms with Crippen LogP contribution >= 0.6 is 27.5 Å². The molecule has 0 aliphatic carbocycles. The van der Waals surface area contributed by atoms with Crippen LogP contribution in [0.25, 0.3) is 0 Å². The summed E-state index contributed by atoms with van der Waals surface area (Å²) in [6, 6.07) is 29.3. The fraction of sp³-hybridized carbons (Fsp3) is 0.0714. The van der Waals surface area contributed by atoms with Crippen molar-refractivity contribution >= 4 is 55.4 Å². The van der Waals surface area contributed by atoms with Crippen molar-refractivity contribution in [3.05, 3.63) is 124 Å². The molecule has 4 aromatic carbocycles. The number of nitrogens with one attached hydrogen (secondary N) is 1. The average Bonchev–Trinajstić information content (AvgIpc) is 2.92. The molecule has 0 saturated carbocycles. The lowest BCUT2D eigenvalue weighted by atomic mass is 10.2. The number of anilines is 1. The van der Waals surface area contributed by atoms with Crippen molar-refractivity contribution in [3.8, 4) is 5.75 Å². The van der Waals surface area contributed by atoms with Crippen LogP contribution in [0.15, 0.2) is 118 Å². The Morgan fingerprint density at radius 2 is 1.68 bits per heavy atom. The fourth-order valence-electron chi connectivity index (χ4n) is 3.45. The standard InChI is InChI=1S/C28H23BrClN3O4S/c29-23-7-5-9-25(17-23)33(38(35,36)27-10-2-1-3-11-27)19-28(34)32-31-18-21-12-14-26(15-13-21)37-20-22-6-4-8-24(30)16-22/h1-18H,19-20H2,(H,32,34)/b31-18+. The van der Waals surface area contributed by atoms with Crippen molar-refractivity contribution in [2.24, 2.45) is 5.10 Å². The molecule has 0 aromatic heterocycles. The Hall–Kier alpha value is -3.66. The Morgan fingerprint density at radius 3 is 2.39 bits per heavy atom. The topological polar surface area (TPSA) is 88.1 Å². The van der Waals surface area contributed by atoms with Crippen LogP contribution in [-0.2, 0) is 21.4 Å². The van der Waals surface area contributed by atoms with Crippen LogP contribution < -0.4 is 14.5 Å². The number of sulfonamides is 1. The van der Waals surface area contributed by atoms with E-state index in [2.05, 4.69) is 26.5 Å². The van der Waals surface area contributed by atoms with Crippen molar-refractivity contribution in [2.45, 2.75) is 11.5 Å². The van der Waals surface area contributed by atoms with E-state index in [4.69, 9.17) is 16.3 Å². The quantitative estimate of drug-likeness (QED) is 0.175. The normalized spacial score (nSPS) is 11.3. The maximum Gasteiger partial charge on any atom is 0.264 e. The Bertz CT molecular complexity index is 1530. The molecule has 0 unspecified atom stereocenters. The lowest BCUT2D eigenvalue weighted by Crippen LogP contribution is -2.39. The van der Waals surface area contributed by atoms with Crippen LogP contribution in [0.3, 0.4) is 0 Å². The van der Waals surface area contributed by atoms with Crippen molar-refractivity contribution in [1.29, 1.82) is 0 Å². The molecule has 0 radical (unpaired) electrons. The van der Waals surface area contributed by atoms with Crippen LogP contribution in [0.1, 0.15) is 11.1 Å². The molecule has 0 fully saturated rings. The summed E-state index contributed by atoms with van der Waals surface area (Å²) >= 11 is 9.36. The van der Waals surface area contributed by atoms with Crippen molar-refractivity contribution < 1.29 is 17.9 Å². The largest absolute Gasteiger partial charge is 0.489 e. The maximum absolute atomic E-state index is 13.3. The zero-order valence-electron chi connectivity index (χ0n) is 20.0. The first kappa shape index (κ1) is 27.4. The van der Waals surface area contributed by atoms with Gasteiger partial charge in [0.05, 0.1) is 16.8 Å². The van der Waals surface area contributed by atoms with E-state index in [1.807, 2.05) is 18.2 Å². The van der Waals surface area contributed by atoms with Gasteiger partial charge >= 0.3 is 0 Å². The molecular weight excluding hydrogens is 590 g/mol. The van der Waals surface area contributed by atoms with Crippen LogP contribution in [0.5, 0.6) is 5.75 Å². The second kappa shape index (κ2) is 12.7. The molecule has 0 heterocycles. The third-order valence-corrected chi connectivity index (χ3v) is 7.81. The average molecular weight is 613 g/mol. The number of hydrazone groups is 1. The highest BCUT2D eigenvalue weighted by Gasteiger charge is 2.27. The monoisotopic (exact) mass is 611 g/mol. The lowest BCUT2D eigenvalue weighted by Gasteiger charge is -2.23. The van der Waals surface area contributed by atoms with Gasteiger partial charge in [-0.15, -0.1) is 0 Å². The number of benzene rings is 4. The molecule has 0 aliphatic rings. The van der Waals surface area contributed by atoms with Gasteiger partial charge in [0, 0.05) is 9.50 Å². The van der Waals surface area contributed by atoms with Gasteiger partial charge in [-0.25, -0.2) is 13.8 Å². The molecule has 38 heavy (non-hydrogen) atoms. The minimum absolute atomic E-state index is 0.0777. The third-order valence-electron chi connectivity index (χ3n) is 5.29. The van der Waals surface area contributed by atoms with E-state index in [0.29, 0.717) is 27.5 Å². The summed E-state index contributed by atoms with van der Waals surface area (Å²) in [5.41, 5.74) is 4.43. The third kappa shape index (κ3) is 7.44. The van der Waals surface area contributed by atoms with Gasteiger partial charge in [-0.1, -0.05) is 63.9 Å². The SMILES string of the molecule is O=C(CN(c1cccc(Br)c1)S(=O)(=O)c1ccccc1)N/N=C/c1ccc(OCc2cccc(Cl)c2)cc1. The first-order valence-corrected chi connectivity index (χ1v) is 14.0. The summed E-state index contributed by atoms with van der Waals surface area (Å²) in [5, 5.41) is 4.63. The van der Waals surface area contributed by atoms with E-state index < -0.39 is 22.5 Å². The summed E-state index contributed by atoms with van der Waals surface area (Å²) in [5.74, 6) is 0.0733. The van der Waals surface area contributed by atoms with E-state index in [9.17, 15) is 13.2 Å². The molecule has 4 aromatic rings. The van der Waals surface area contributed by atoms with Gasteiger partial charge in [0.15, 0.2) is 0 Å². The first-order chi connectivity index (χ1) is 18.3. The number of carbonyl (C=O) groups excluding carboxylic acids is 1. The summed E-state index contributed by atoms with van der Waals surface area (Å²) in [6.07, 6.45) is 1.47. The number of halogens is 2. The van der Waals surface area contributed by atoms with Gasteiger partial charge in [-0.05, 0) is 77.9 Å². The zero-order valence-corrected chi connectivity index (χ0v) is 23.2. The molecule has 0 spiro atoms. The maximum atomic E-state index is 13.3. The Labute approximate surface area is 234 Å². The van der Waals surface area contributed by atoms with Crippen molar-refractivity contribution in [3.63, 3.8) is 0 Å². The number of hydrogen-bond donors (Lipinski definition) is 1. The molecule has 0 atom stereocenters. The van der Waals surface area contributed by atoms with E-state index >= 15 is 0 Å². The smallest absolute Gasteiger partial charge is 0.264 e. The zero-order chi connectivity index (χ0) is 27.0. The molecule has 10 heteroatoms. The minimum atomic E-state index is -4.00. The lowest BCUT2D eigenvalue weighted by molar-refractivity contribution is -0.119. The number of hydrogen-bond acceptors (Lipinski definition) is 5. The highest BCUT2D eigenvalue weighted by molar-refractivity contribution is 9.10. The van der Waals surface area contributed by atoms with Gasteiger partial charge < -0.3 is 4.74 Å². The van der Waals surface area contributed by atoms with Crippen LogP contribution in [0, 0.1) is 0 Å². The number of nitrogens with zero attached hydrogens (tertiary/aromatic N) is 2. The predicted molar refractivity (Wildman–Crippen MR) is 153 cm³/mol. The van der Waals surface area contributed by atoms with E-state index in [0.717, 1.165) is 15.4 Å². The molecule has 7 nitrogen and oxygen atoms in total. The Morgan fingerprint density at radius 1 is 0.947 bits per heavy atom. The first-order valence-electron chi connectivity index (χ1n) is 11.4. The predicted octanol–water partition coefficient (Wildman–Crippen LogP) is 6.03. The molecular formula is C28H23BrClN3O4S. The van der Waals surface area contributed by atoms with Crippen LogP contribution in [0.4, 0.5) is 5.69 Å². The highest BCUT2D eigenvalue weighted by Crippen LogP contribution is 2.26. The number of rotatable bonds is 10. The van der Waals surface area contributed by atoms with Gasteiger partial charge in [0.1, 0.15) is 18.9 Å². The molecule has 1 N–H and O–H groups in total. The second-order valence-electron chi connectivity index (χ2n) is 8.09. The van der Waals surface area contributed by atoms with Gasteiger partial charge in [0.2, 0.25) is 0 Å². The Kier molecular flexibility index (Phi) is 9.17. The van der Waals surface area contributed by atoms with Gasteiger partial charge in [-0.3, -0.25) is 9.10 Å². The molecule has 0 bridgehead atoms. The molecule has 0 saturated heterocycles. The summed E-state index contributed by atoms with van der Waals surface area (Å²) < 4.78 is 34.2. The molecule has 1 amide bonds. The number of amides is 1. The number of ether oxygens (including phenoxy) is 1. The van der Waals surface area contributed by atoms with Crippen LogP contribution in [-0.4, -0.2) is 27.1 Å². The fourth-order valence-corrected chi connectivity index (χ4v) is 5.49. The van der Waals surface area contributed by atoms with Gasteiger partial charge in [0.25, 0.3) is 15.9 Å². The van der Waals surface area contributed by atoms with Gasteiger partial charge in [-0.2, -0.15) is 5.10 Å². The van der Waals surface area contributed by atoms with E-state index in [1.54, 1.807) is 72.8 Å². The summed E-state index contributed by atoms with van der Waals surface area (Å²) in [4.78, 5) is 12.8.